The van der Waals surface area contributed by atoms with Gasteiger partial charge < -0.3 is 25.3 Å². The van der Waals surface area contributed by atoms with Crippen molar-refractivity contribution < 1.29 is 14.2 Å². The Kier molecular flexibility index (Phi) is 10.6. The molecule has 0 aliphatic carbocycles. The molecule has 0 radical (unpaired) electrons. The predicted molar refractivity (Wildman–Crippen MR) is 119 cm³/mol. The van der Waals surface area contributed by atoms with E-state index in [1.165, 1.54) is 0 Å². The summed E-state index contributed by atoms with van der Waals surface area (Å²) in [4.78, 5) is 4.39. The predicted octanol–water partition coefficient (Wildman–Crippen LogP) is 3.46. The summed E-state index contributed by atoms with van der Waals surface area (Å²) in [6.07, 6.45) is 0. The van der Waals surface area contributed by atoms with Gasteiger partial charge >= 0.3 is 0 Å². The Morgan fingerprint density at radius 3 is 2.41 bits per heavy atom. The van der Waals surface area contributed by atoms with Gasteiger partial charge in [0.15, 0.2) is 17.5 Å². The molecule has 0 unspecified atom stereocenters. The smallest absolute Gasteiger partial charge is 0.189 e. The van der Waals surface area contributed by atoms with Gasteiger partial charge in [-0.3, -0.25) is 0 Å². The van der Waals surface area contributed by atoms with Crippen LogP contribution in [-0.2, 0) is 24.4 Å². The molecule has 2 rings (SSSR count). The van der Waals surface area contributed by atoms with E-state index >= 15 is 0 Å². The van der Waals surface area contributed by atoms with E-state index in [0.717, 1.165) is 16.7 Å². The van der Waals surface area contributed by atoms with Crippen LogP contribution in [0, 0.1) is 0 Å². The van der Waals surface area contributed by atoms with Crippen LogP contribution in [0.15, 0.2) is 47.5 Å². The monoisotopic (exact) mass is 485 g/mol. The number of halogens is 1. The van der Waals surface area contributed by atoms with E-state index in [1.54, 1.807) is 14.2 Å². The number of nitrogens with one attached hydrogen (secondary N) is 1. The highest BCUT2D eigenvalue weighted by Gasteiger charge is 2.05. The Morgan fingerprint density at radius 2 is 1.74 bits per heavy atom. The third-order valence-electron chi connectivity index (χ3n) is 3.92. The number of methoxy groups -OCH3 is 2. The second kappa shape index (κ2) is 12.4. The fourth-order valence-electron chi connectivity index (χ4n) is 2.48. The van der Waals surface area contributed by atoms with Crippen molar-refractivity contribution in [1.82, 2.24) is 5.32 Å². The Labute approximate surface area is 178 Å². The lowest BCUT2D eigenvalue weighted by molar-refractivity contribution is 0.133. The number of guanidine groups is 1. The van der Waals surface area contributed by atoms with Gasteiger partial charge in [0.1, 0.15) is 0 Å². The minimum absolute atomic E-state index is 0. The van der Waals surface area contributed by atoms with Crippen LogP contribution in [-0.4, -0.2) is 26.8 Å². The highest BCUT2D eigenvalue weighted by Crippen LogP contribution is 2.27. The topological polar surface area (TPSA) is 78.1 Å². The van der Waals surface area contributed by atoms with Gasteiger partial charge in [-0.1, -0.05) is 30.3 Å². The van der Waals surface area contributed by atoms with E-state index in [2.05, 4.69) is 22.4 Å². The summed E-state index contributed by atoms with van der Waals surface area (Å²) in [5.74, 6) is 1.76. The quantitative estimate of drug-likeness (QED) is 0.323. The molecule has 0 aliphatic rings. The Balaban J connectivity index is 0.00000364. The summed E-state index contributed by atoms with van der Waals surface area (Å²) in [6.45, 7) is 4.33. The molecule has 0 saturated heterocycles. The van der Waals surface area contributed by atoms with Gasteiger partial charge in [0, 0.05) is 13.2 Å². The maximum absolute atomic E-state index is 6.00. The van der Waals surface area contributed by atoms with Crippen molar-refractivity contribution >= 4 is 29.9 Å². The molecule has 6 nitrogen and oxygen atoms in total. The number of nitrogens with zero attached hydrogens (tertiary/aromatic N) is 1. The molecule has 148 valence electrons. The highest BCUT2D eigenvalue weighted by molar-refractivity contribution is 14.0. The van der Waals surface area contributed by atoms with Crippen molar-refractivity contribution in [3.8, 4) is 11.5 Å². The average Bonchev–Trinajstić information content (AvgIpc) is 2.69. The van der Waals surface area contributed by atoms with Crippen molar-refractivity contribution in [2.24, 2.45) is 10.7 Å². The summed E-state index contributed by atoms with van der Waals surface area (Å²) in [5, 5.41) is 3.15. The number of nitrogens with two attached hydrogens (primary N) is 1. The Hall–Kier alpha value is -2.00. The summed E-state index contributed by atoms with van der Waals surface area (Å²) in [5.41, 5.74) is 9.28. The van der Waals surface area contributed by atoms with Gasteiger partial charge in [-0.05, 0) is 35.7 Å². The fraction of sp³-hybridized carbons (Fsp3) is 0.350. The van der Waals surface area contributed by atoms with Crippen molar-refractivity contribution in [2.45, 2.75) is 26.6 Å². The number of ether oxygens (including phenoxy) is 3. The molecule has 3 N–H and O–H groups in total. The first-order valence-corrected chi connectivity index (χ1v) is 8.57. The normalized spacial score (nSPS) is 10.9. The third kappa shape index (κ3) is 7.26. The van der Waals surface area contributed by atoms with E-state index < -0.39 is 0 Å². The fourth-order valence-corrected chi connectivity index (χ4v) is 2.48. The second-order valence-corrected chi connectivity index (χ2v) is 5.65. The summed E-state index contributed by atoms with van der Waals surface area (Å²) in [6, 6.07) is 13.8. The SMILES string of the molecule is CCOCc1ccccc1CNC(N)=NCc1ccc(OC)c(OC)c1.I. The molecule has 0 bridgehead atoms. The van der Waals surface area contributed by atoms with Crippen LogP contribution in [0.2, 0.25) is 0 Å². The zero-order valence-electron chi connectivity index (χ0n) is 16.0. The maximum Gasteiger partial charge on any atom is 0.189 e. The van der Waals surface area contributed by atoms with Crippen molar-refractivity contribution in [3.05, 3.63) is 59.2 Å². The minimum atomic E-state index is 0. The first-order valence-electron chi connectivity index (χ1n) is 8.57. The number of aliphatic imine (C=N–C) groups is 1. The van der Waals surface area contributed by atoms with Crippen LogP contribution < -0.4 is 20.5 Å². The largest absolute Gasteiger partial charge is 0.493 e. The van der Waals surface area contributed by atoms with Gasteiger partial charge in [-0.2, -0.15) is 0 Å². The first kappa shape index (κ1) is 23.0. The Morgan fingerprint density at radius 1 is 1.04 bits per heavy atom. The molecule has 0 heterocycles. The van der Waals surface area contributed by atoms with Gasteiger partial charge in [-0.15, -0.1) is 24.0 Å². The van der Waals surface area contributed by atoms with Gasteiger partial charge in [-0.25, -0.2) is 4.99 Å². The van der Waals surface area contributed by atoms with Gasteiger partial charge in [0.2, 0.25) is 0 Å². The zero-order chi connectivity index (χ0) is 18.8. The van der Waals surface area contributed by atoms with Gasteiger partial charge in [0.05, 0.1) is 27.4 Å². The molecule has 27 heavy (non-hydrogen) atoms. The number of rotatable bonds is 9. The van der Waals surface area contributed by atoms with Gasteiger partial charge in [0.25, 0.3) is 0 Å². The van der Waals surface area contributed by atoms with Crippen LogP contribution in [0.25, 0.3) is 0 Å². The third-order valence-corrected chi connectivity index (χ3v) is 3.92. The lowest BCUT2D eigenvalue weighted by Gasteiger charge is -2.11. The average molecular weight is 485 g/mol. The molecule has 2 aromatic carbocycles. The van der Waals surface area contributed by atoms with Crippen LogP contribution in [0.5, 0.6) is 11.5 Å². The van der Waals surface area contributed by atoms with E-state index in [-0.39, 0.29) is 24.0 Å². The van der Waals surface area contributed by atoms with E-state index in [0.29, 0.717) is 43.8 Å². The zero-order valence-corrected chi connectivity index (χ0v) is 18.4. The number of benzene rings is 2. The molecule has 0 aliphatic heterocycles. The Bertz CT molecular complexity index is 738. The molecule has 2 aromatic rings. The molecule has 0 saturated carbocycles. The van der Waals surface area contributed by atoms with Crippen LogP contribution in [0.4, 0.5) is 0 Å². The van der Waals surface area contributed by atoms with Crippen LogP contribution in [0.3, 0.4) is 0 Å². The number of hydrogen-bond donors (Lipinski definition) is 2. The van der Waals surface area contributed by atoms with Crippen LogP contribution in [0.1, 0.15) is 23.6 Å². The number of hydrogen-bond acceptors (Lipinski definition) is 4. The summed E-state index contributed by atoms with van der Waals surface area (Å²) < 4.78 is 16.0. The molecule has 0 atom stereocenters. The lowest BCUT2D eigenvalue weighted by atomic mass is 10.1. The minimum Gasteiger partial charge on any atom is -0.493 e. The summed E-state index contributed by atoms with van der Waals surface area (Å²) in [7, 11) is 3.22. The second-order valence-electron chi connectivity index (χ2n) is 5.65. The van der Waals surface area contributed by atoms with E-state index in [1.807, 2.05) is 37.3 Å². The molecule has 0 aromatic heterocycles. The first-order chi connectivity index (χ1) is 12.7. The standard InChI is InChI=1S/C20H27N3O3.HI/c1-4-26-14-17-8-6-5-7-16(17)13-23-20(21)22-12-15-9-10-18(24-2)19(11-15)25-3;/h5-11H,4,12-14H2,1-3H3,(H3,21,22,23);1H. The van der Waals surface area contributed by atoms with E-state index in [4.69, 9.17) is 19.9 Å². The lowest BCUT2D eigenvalue weighted by Crippen LogP contribution is -2.31. The van der Waals surface area contributed by atoms with Crippen LogP contribution >= 0.6 is 24.0 Å². The van der Waals surface area contributed by atoms with Crippen molar-refractivity contribution in [1.29, 1.82) is 0 Å². The molecule has 0 fully saturated rings. The highest BCUT2D eigenvalue weighted by atomic mass is 127. The molecular formula is C20H28IN3O3. The molecule has 7 heteroatoms. The molecular weight excluding hydrogens is 457 g/mol. The molecule has 0 amide bonds. The van der Waals surface area contributed by atoms with Crippen molar-refractivity contribution in [2.75, 3.05) is 20.8 Å². The summed E-state index contributed by atoms with van der Waals surface area (Å²) >= 11 is 0. The molecule has 0 spiro atoms. The van der Waals surface area contributed by atoms with E-state index in [9.17, 15) is 0 Å². The maximum atomic E-state index is 6.00. The van der Waals surface area contributed by atoms with Crippen molar-refractivity contribution in [3.63, 3.8) is 0 Å².